The van der Waals surface area contributed by atoms with Crippen molar-refractivity contribution >= 4 is 27.7 Å². The van der Waals surface area contributed by atoms with Crippen molar-refractivity contribution in [3.8, 4) is 11.5 Å². The minimum atomic E-state index is -3.77. The lowest BCUT2D eigenvalue weighted by atomic mass is 10.2. The van der Waals surface area contributed by atoms with E-state index in [2.05, 4.69) is 10.0 Å². The van der Waals surface area contributed by atoms with Gasteiger partial charge in [-0.2, -0.15) is 11.8 Å². The van der Waals surface area contributed by atoms with E-state index in [1.807, 2.05) is 0 Å². The molecule has 168 valence electrons. The standard InChI is InChI=1S/C21H25FN2O5S2/c22-18-5-2-1-4-16(18)15-30-13-10-23-21(25)8-9-24-31(26,27)17-6-7-19-20(14-17)29-12-3-11-28-19/h1-2,4-7,14,24H,3,8-13,15H2,(H,23,25). The second-order valence-electron chi connectivity index (χ2n) is 6.80. The van der Waals surface area contributed by atoms with Gasteiger partial charge in [0.25, 0.3) is 0 Å². The Kier molecular flexibility index (Phi) is 8.56. The molecule has 2 N–H and O–H groups in total. The third-order valence-electron chi connectivity index (χ3n) is 4.46. The number of carbonyl (C=O) groups excluding carboxylic acids is 1. The highest BCUT2D eigenvalue weighted by Crippen LogP contribution is 2.31. The monoisotopic (exact) mass is 468 g/mol. The molecule has 2 aromatic carbocycles. The van der Waals surface area contributed by atoms with E-state index < -0.39 is 10.0 Å². The molecule has 2 aromatic rings. The van der Waals surface area contributed by atoms with Crippen molar-refractivity contribution < 1.29 is 27.1 Å². The molecule has 0 aromatic heterocycles. The van der Waals surface area contributed by atoms with Crippen LogP contribution in [0.15, 0.2) is 47.4 Å². The molecule has 0 bridgehead atoms. The number of thioether (sulfide) groups is 1. The topological polar surface area (TPSA) is 93.7 Å². The summed E-state index contributed by atoms with van der Waals surface area (Å²) in [4.78, 5) is 12.0. The molecule has 10 heteroatoms. The summed E-state index contributed by atoms with van der Waals surface area (Å²) in [5, 5.41) is 2.73. The highest BCUT2D eigenvalue weighted by Gasteiger charge is 2.18. The van der Waals surface area contributed by atoms with Gasteiger partial charge in [0.15, 0.2) is 11.5 Å². The van der Waals surface area contributed by atoms with Crippen molar-refractivity contribution in [3.63, 3.8) is 0 Å². The Morgan fingerprint density at radius 1 is 1.06 bits per heavy atom. The number of sulfonamides is 1. The fraction of sp³-hybridized carbons (Fsp3) is 0.381. The molecule has 0 saturated carbocycles. The van der Waals surface area contributed by atoms with Gasteiger partial charge in [0, 0.05) is 43.5 Å². The number of hydrogen-bond donors (Lipinski definition) is 2. The van der Waals surface area contributed by atoms with Crippen LogP contribution in [0.2, 0.25) is 0 Å². The molecule has 0 unspecified atom stereocenters. The van der Waals surface area contributed by atoms with Crippen LogP contribution in [-0.2, 0) is 20.6 Å². The SMILES string of the molecule is O=C(CCNS(=O)(=O)c1ccc2c(c1)OCCCO2)NCCSCc1ccccc1F. The second kappa shape index (κ2) is 11.4. The number of carbonyl (C=O) groups is 1. The van der Waals surface area contributed by atoms with Crippen molar-refractivity contribution in [2.24, 2.45) is 0 Å². The van der Waals surface area contributed by atoms with E-state index in [4.69, 9.17) is 9.47 Å². The largest absolute Gasteiger partial charge is 0.490 e. The molecule has 0 radical (unpaired) electrons. The number of fused-ring (bicyclic) bond motifs is 1. The first-order valence-electron chi connectivity index (χ1n) is 9.93. The van der Waals surface area contributed by atoms with Crippen LogP contribution < -0.4 is 19.5 Å². The van der Waals surface area contributed by atoms with Crippen LogP contribution in [-0.4, -0.2) is 46.4 Å². The van der Waals surface area contributed by atoms with Crippen LogP contribution in [0.4, 0.5) is 4.39 Å². The van der Waals surface area contributed by atoms with E-state index >= 15 is 0 Å². The Hall–Kier alpha value is -2.30. The first kappa shape index (κ1) is 23.4. The van der Waals surface area contributed by atoms with Gasteiger partial charge in [-0.25, -0.2) is 17.5 Å². The molecular formula is C21H25FN2O5S2. The molecular weight excluding hydrogens is 443 g/mol. The number of amides is 1. The van der Waals surface area contributed by atoms with Crippen LogP contribution in [0.1, 0.15) is 18.4 Å². The molecule has 1 aliphatic heterocycles. The predicted molar refractivity (Wildman–Crippen MR) is 117 cm³/mol. The molecule has 0 aliphatic carbocycles. The number of hydrogen-bond acceptors (Lipinski definition) is 6. The summed E-state index contributed by atoms with van der Waals surface area (Å²) in [5.74, 6) is 1.57. The Bertz CT molecular complexity index is 1000. The molecule has 1 amide bonds. The van der Waals surface area contributed by atoms with Crippen LogP contribution in [0.25, 0.3) is 0 Å². The highest BCUT2D eigenvalue weighted by molar-refractivity contribution is 7.98. The summed E-state index contributed by atoms with van der Waals surface area (Å²) < 4.78 is 51.9. The van der Waals surface area contributed by atoms with E-state index in [-0.39, 0.29) is 29.6 Å². The molecule has 1 aliphatic rings. The zero-order valence-corrected chi connectivity index (χ0v) is 18.6. The van der Waals surface area contributed by atoms with Crippen molar-refractivity contribution in [1.29, 1.82) is 0 Å². The van der Waals surface area contributed by atoms with E-state index in [9.17, 15) is 17.6 Å². The van der Waals surface area contributed by atoms with Gasteiger partial charge in [0.1, 0.15) is 5.82 Å². The molecule has 0 fully saturated rings. The molecule has 7 nitrogen and oxygen atoms in total. The second-order valence-corrected chi connectivity index (χ2v) is 9.67. The molecule has 0 atom stereocenters. The van der Waals surface area contributed by atoms with Gasteiger partial charge in [-0.1, -0.05) is 18.2 Å². The fourth-order valence-corrected chi connectivity index (χ4v) is 4.73. The first-order chi connectivity index (χ1) is 15.0. The van der Waals surface area contributed by atoms with E-state index in [1.165, 1.54) is 30.0 Å². The van der Waals surface area contributed by atoms with Gasteiger partial charge in [0.05, 0.1) is 18.1 Å². The quantitative estimate of drug-likeness (QED) is 0.521. The molecule has 31 heavy (non-hydrogen) atoms. The molecule has 0 saturated heterocycles. The number of rotatable bonds is 10. The number of benzene rings is 2. The summed E-state index contributed by atoms with van der Waals surface area (Å²) in [5.41, 5.74) is 0.628. The van der Waals surface area contributed by atoms with Crippen molar-refractivity contribution in [2.75, 3.05) is 32.1 Å². The van der Waals surface area contributed by atoms with E-state index in [1.54, 1.807) is 24.3 Å². The Morgan fingerprint density at radius 2 is 1.84 bits per heavy atom. The maximum absolute atomic E-state index is 13.5. The Morgan fingerprint density at radius 3 is 2.65 bits per heavy atom. The summed E-state index contributed by atoms with van der Waals surface area (Å²) in [6, 6.07) is 11.0. The summed E-state index contributed by atoms with van der Waals surface area (Å²) >= 11 is 1.51. The summed E-state index contributed by atoms with van der Waals surface area (Å²) in [7, 11) is -3.77. The van der Waals surface area contributed by atoms with E-state index in [0.29, 0.717) is 48.3 Å². The average Bonchev–Trinajstić information content (AvgIpc) is 2.99. The summed E-state index contributed by atoms with van der Waals surface area (Å²) in [6.07, 6.45) is 0.744. The number of ether oxygens (including phenoxy) is 2. The van der Waals surface area contributed by atoms with Crippen molar-refractivity contribution in [2.45, 2.75) is 23.5 Å². The maximum atomic E-state index is 13.5. The lowest BCUT2D eigenvalue weighted by molar-refractivity contribution is -0.120. The minimum absolute atomic E-state index is 0.0156. The van der Waals surface area contributed by atoms with Crippen molar-refractivity contribution in [3.05, 3.63) is 53.8 Å². The van der Waals surface area contributed by atoms with Gasteiger partial charge < -0.3 is 14.8 Å². The molecule has 1 heterocycles. The van der Waals surface area contributed by atoms with Crippen LogP contribution in [0.3, 0.4) is 0 Å². The lowest BCUT2D eigenvalue weighted by Gasteiger charge is -2.11. The zero-order valence-electron chi connectivity index (χ0n) is 16.9. The third kappa shape index (κ3) is 7.12. The van der Waals surface area contributed by atoms with Gasteiger partial charge in [-0.15, -0.1) is 0 Å². The maximum Gasteiger partial charge on any atom is 0.240 e. The average molecular weight is 469 g/mol. The van der Waals surface area contributed by atoms with Gasteiger partial charge in [0.2, 0.25) is 15.9 Å². The number of halogens is 1. The van der Waals surface area contributed by atoms with Gasteiger partial charge in [-0.05, 0) is 23.8 Å². The van der Waals surface area contributed by atoms with Crippen LogP contribution in [0.5, 0.6) is 11.5 Å². The normalized spacial score (nSPS) is 13.5. The predicted octanol–water partition coefficient (Wildman–Crippen LogP) is 2.71. The fourth-order valence-electron chi connectivity index (χ4n) is 2.84. The van der Waals surface area contributed by atoms with Gasteiger partial charge >= 0.3 is 0 Å². The number of nitrogens with one attached hydrogen (secondary N) is 2. The van der Waals surface area contributed by atoms with Crippen LogP contribution in [0, 0.1) is 5.82 Å². The van der Waals surface area contributed by atoms with Crippen LogP contribution >= 0.6 is 11.8 Å². The summed E-state index contributed by atoms with van der Waals surface area (Å²) in [6.45, 7) is 1.38. The third-order valence-corrected chi connectivity index (χ3v) is 6.92. The smallest absolute Gasteiger partial charge is 0.240 e. The Balaban J connectivity index is 1.36. The minimum Gasteiger partial charge on any atom is -0.490 e. The van der Waals surface area contributed by atoms with E-state index in [0.717, 1.165) is 6.42 Å². The van der Waals surface area contributed by atoms with Crippen molar-refractivity contribution in [1.82, 2.24) is 10.0 Å². The highest BCUT2D eigenvalue weighted by atomic mass is 32.2. The molecule has 0 spiro atoms. The first-order valence-corrected chi connectivity index (χ1v) is 12.6. The Labute approximate surface area is 185 Å². The lowest BCUT2D eigenvalue weighted by Crippen LogP contribution is -2.31. The zero-order chi connectivity index (χ0) is 22.1. The molecule has 3 rings (SSSR count). The van der Waals surface area contributed by atoms with Gasteiger partial charge in [-0.3, -0.25) is 4.79 Å².